The monoisotopic (exact) mass is 127 g/mol. The lowest BCUT2D eigenvalue weighted by molar-refractivity contribution is 0.0900. The molecule has 2 nitrogen and oxygen atoms in total. The van der Waals surface area contributed by atoms with Crippen LogP contribution in [-0.2, 0) is 4.74 Å². The summed E-state index contributed by atoms with van der Waals surface area (Å²) < 4.78 is 5.46. The number of rotatable bonds is 0. The Labute approximate surface area is 55.4 Å². The zero-order valence-corrected chi connectivity index (χ0v) is 5.55. The summed E-state index contributed by atoms with van der Waals surface area (Å²) in [5, 5.41) is 0. The molecule has 3 atom stereocenters. The lowest BCUT2D eigenvalue weighted by Crippen LogP contribution is -2.31. The van der Waals surface area contributed by atoms with E-state index in [1.54, 1.807) is 0 Å². The van der Waals surface area contributed by atoms with Gasteiger partial charge in [0.2, 0.25) is 0 Å². The van der Waals surface area contributed by atoms with Crippen molar-refractivity contribution in [3.8, 4) is 0 Å². The van der Waals surface area contributed by atoms with E-state index >= 15 is 0 Å². The van der Waals surface area contributed by atoms with Gasteiger partial charge in [0.25, 0.3) is 0 Å². The number of nitrogens with two attached hydrogens (primary N) is 1. The van der Waals surface area contributed by atoms with Crippen molar-refractivity contribution in [3.63, 3.8) is 0 Å². The highest BCUT2D eigenvalue weighted by molar-refractivity contribution is 4.91. The van der Waals surface area contributed by atoms with Crippen molar-refractivity contribution >= 4 is 0 Å². The summed E-state index contributed by atoms with van der Waals surface area (Å²) in [6, 6.07) is 0.345. The number of hydrogen-bond donors (Lipinski definition) is 1. The molecule has 0 bridgehead atoms. The van der Waals surface area contributed by atoms with E-state index in [1.165, 1.54) is 19.3 Å². The predicted molar refractivity (Wildman–Crippen MR) is 35.1 cm³/mol. The molecular formula is C7H13NO. The molecule has 1 saturated carbocycles. The summed E-state index contributed by atoms with van der Waals surface area (Å²) in [7, 11) is 0. The summed E-state index contributed by atoms with van der Waals surface area (Å²) in [6.07, 6.45) is 4.14. The van der Waals surface area contributed by atoms with Crippen molar-refractivity contribution in [3.05, 3.63) is 0 Å². The van der Waals surface area contributed by atoms with Gasteiger partial charge in [-0.05, 0) is 25.2 Å². The van der Waals surface area contributed by atoms with Crippen molar-refractivity contribution in [2.45, 2.75) is 31.4 Å². The van der Waals surface area contributed by atoms with E-state index < -0.39 is 0 Å². The number of ether oxygens (including phenoxy) is 1. The Kier molecular flexibility index (Phi) is 1.24. The summed E-state index contributed by atoms with van der Waals surface area (Å²) in [5.41, 5.74) is 5.79. The van der Waals surface area contributed by atoms with Crippen LogP contribution in [0, 0.1) is 5.92 Å². The first-order chi connectivity index (χ1) is 4.38. The van der Waals surface area contributed by atoms with Crippen molar-refractivity contribution in [2.75, 3.05) is 6.61 Å². The molecule has 2 N–H and O–H groups in total. The Morgan fingerprint density at radius 3 is 2.89 bits per heavy atom. The quantitative estimate of drug-likeness (QED) is 0.514. The van der Waals surface area contributed by atoms with Gasteiger partial charge in [-0.25, -0.2) is 0 Å². The van der Waals surface area contributed by atoms with E-state index in [9.17, 15) is 0 Å². The molecule has 2 fully saturated rings. The van der Waals surface area contributed by atoms with Crippen molar-refractivity contribution in [1.29, 1.82) is 0 Å². The molecule has 0 radical (unpaired) electrons. The van der Waals surface area contributed by atoms with Gasteiger partial charge in [0, 0.05) is 12.6 Å². The van der Waals surface area contributed by atoms with Gasteiger partial charge in [-0.1, -0.05) is 0 Å². The van der Waals surface area contributed by atoms with Gasteiger partial charge in [-0.2, -0.15) is 0 Å². The molecule has 1 heterocycles. The van der Waals surface area contributed by atoms with Crippen molar-refractivity contribution in [1.82, 2.24) is 0 Å². The van der Waals surface area contributed by atoms with E-state index in [1.807, 2.05) is 0 Å². The molecule has 2 rings (SSSR count). The fourth-order valence-electron chi connectivity index (χ4n) is 2.01. The van der Waals surface area contributed by atoms with Crippen LogP contribution >= 0.6 is 0 Å². The Hall–Kier alpha value is -0.0800. The number of fused-ring (bicyclic) bond motifs is 1. The first-order valence-electron chi connectivity index (χ1n) is 3.75. The second kappa shape index (κ2) is 1.96. The maximum atomic E-state index is 5.79. The largest absolute Gasteiger partial charge is 0.376 e. The summed E-state index contributed by atoms with van der Waals surface area (Å²) in [4.78, 5) is 0. The van der Waals surface area contributed by atoms with Crippen LogP contribution < -0.4 is 5.73 Å². The average Bonchev–Trinajstić information content (AvgIpc) is 2.35. The predicted octanol–water partition coefficient (Wildman–Crippen LogP) is 0.513. The molecule has 0 aromatic rings. The second-order valence-electron chi connectivity index (χ2n) is 3.13. The van der Waals surface area contributed by atoms with Gasteiger partial charge in [-0.3, -0.25) is 0 Å². The van der Waals surface area contributed by atoms with Crippen LogP contribution in [-0.4, -0.2) is 18.8 Å². The van der Waals surface area contributed by atoms with E-state index in [0.29, 0.717) is 12.1 Å². The standard InChI is InChI=1S/C7H13NO/c8-6-2-1-5-3-4-9-7(5)6/h5-7H,1-4,8H2/t5-,6+,7+/m0/s1. The molecule has 0 aromatic heterocycles. The molecule has 52 valence electrons. The minimum absolute atomic E-state index is 0.345. The van der Waals surface area contributed by atoms with Crippen LogP contribution in [0.1, 0.15) is 19.3 Å². The summed E-state index contributed by atoms with van der Waals surface area (Å²) in [5.74, 6) is 0.806. The fraction of sp³-hybridized carbons (Fsp3) is 1.00. The molecule has 1 aliphatic carbocycles. The molecule has 0 amide bonds. The van der Waals surface area contributed by atoms with Gasteiger partial charge in [0.15, 0.2) is 0 Å². The zero-order valence-electron chi connectivity index (χ0n) is 5.55. The zero-order chi connectivity index (χ0) is 6.27. The van der Waals surface area contributed by atoms with Crippen molar-refractivity contribution in [2.24, 2.45) is 11.7 Å². The van der Waals surface area contributed by atoms with Crippen LogP contribution in [0.25, 0.3) is 0 Å². The summed E-state index contributed by atoms with van der Waals surface area (Å²) in [6.45, 7) is 0.947. The Bertz CT molecular complexity index is 115. The van der Waals surface area contributed by atoms with Crippen molar-refractivity contribution < 1.29 is 4.74 Å². The maximum absolute atomic E-state index is 5.79. The molecule has 0 unspecified atom stereocenters. The highest BCUT2D eigenvalue weighted by Crippen LogP contribution is 2.34. The topological polar surface area (TPSA) is 35.2 Å². The third-order valence-electron chi connectivity index (χ3n) is 2.56. The minimum atomic E-state index is 0.345. The molecule has 1 saturated heterocycles. The SMILES string of the molecule is N[C@@H]1CC[C@H]2CCO[C@H]21. The average molecular weight is 127 g/mol. The molecule has 9 heavy (non-hydrogen) atoms. The minimum Gasteiger partial charge on any atom is -0.376 e. The smallest absolute Gasteiger partial charge is 0.0754 e. The van der Waals surface area contributed by atoms with E-state index in [-0.39, 0.29) is 0 Å². The first kappa shape index (κ1) is 5.69. The van der Waals surface area contributed by atoms with Crippen LogP contribution in [0.4, 0.5) is 0 Å². The molecule has 1 aliphatic heterocycles. The first-order valence-corrected chi connectivity index (χ1v) is 3.75. The van der Waals surface area contributed by atoms with Crippen LogP contribution in [0.2, 0.25) is 0 Å². The highest BCUT2D eigenvalue weighted by Gasteiger charge is 2.38. The van der Waals surface area contributed by atoms with E-state index in [4.69, 9.17) is 10.5 Å². The van der Waals surface area contributed by atoms with Crippen LogP contribution in [0.15, 0.2) is 0 Å². The summed E-state index contributed by atoms with van der Waals surface area (Å²) >= 11 is 0. The molecule has 2 heteroatoms. The molecule has 0 aromatic carbocycles. The van der Waals surface area contributed by atoms with Gasteiger partial charge < -0.3 is 10.5 Å². The highest BCUT2D eigenvalue weighted by atomic mass is 16.5. The van der Waals surface area contributed by atoms with E-state index in [0.717, 1.165) is 12.5 Å². The Balaban J connectivity index is 2.07. The van der Waals surface area contributed by atoms with Gasteiger partial charge in [0.1, 0.15) is 0 Å². The molecular weight excluding hydrogens is 114 g/mol. The maximum Gasteiger partial charge on any atom is 0.0754 e. The second-order valence-corrected chi connectivity index (χ2v) is 3.13. The Morgan fingerprint density at radius 1 is 1.22 bits per heavy atom. The fourth-order valence-corrected chi connectivity index (χ4v) is 2.01. The van der Waals surface area contributed by atoms with E-state index in [2.05, 4.69) is 0 Å². The Morgan fingerprint density at radius 2 is 2.11 bits per heavy atom. The van der Waals surface area contributed by atoms with Crippen LogP contribution in [0.3, 0.4) is 0 Å². The number of hydrogen-bond acceptors (Lipinski definition) is 2. The van der Waals surface area contributed by atoms with Gasteiger partial charge >= 0.3 is 0 Å². The normalized spacial score (nSPS) is 49.7. The van der Waals surface area contributed by atoms with Gasteiger partial charge in [0.05, 0.1) is 6.10 Å². The third-order valence-corrected chi connectivity index (χ3v) is 2.56. The lowest BCUT2D eigenvalue weighted by Gasteiger charge is -2.11. The lowest BCUT2D eigenvalue weighted by atomic mass is 10.1. The van der Waals surface area contributed by atoms with Gasteiger partial charge in [-0.15, -0.1) is 0 Å². The molecule has 2 aliphatic rings. The third kappa shape index (κ3) is 0.775. The van der Waals surface area contributed by atoms with Crippen LogP contribution in [0.5, 0.6) is 0 Å². The molecule has 0 spiro atoms.